The molecule has 0 aromatic heterocycles. The summed E-state index contributed by atoms with van der Waals surface area (Å²) in [7, 11) is 2.01. The maximum Gasteiger partial charge on any atom is 0.257 e. The summed E-state index contributed by atoms with van der Waals surface area (Å²) in [5, 5.41) is 0. The lowest BCUT2D eigenvalue weighted by Gasteiger charge is -2.32. The molecule has 1 amide bonds. The Hall–Kier alpha value is -1.62. The molecule has 0 saturated carbocycles. The number of hydrogen-bond donors (Lipinski definition) is 1. The first-order valence-electron chi connectivity index (χ1n) is 6.02. The largest absolute Gasteiger partial charge is 0.399 e. The molecule has 1 aromatic rings. The summed E-state index contributed by atoms with van der Waals surface area (Å²) in [6, 6.07) is 2.96. The summed E-state index contributed by atoms with van der Waals surface area (Å²) in [6.45, 7) is 4.50. The van der Waals surface area contributed by atoms with Crippen LogP contribution in [0.1, 0.15) is 15.9 Å². The highest BCUT2D eigenvalue weighted by molar-refractivity contribution is 5.95. The van der Waals surface area contributed by atoms with Crippen molar-refractivity contribution in [2.45, 2.75) is 6.92 Å². The van der Waals surface area contributed by atoms with Crippen molar-refractivity contribution in [2.24, 2.45) is 0 Å². The Labute approximate surface area is 106 Å². The molecule has 2 N–H and O–H groups in total. The highest BCUT2D eigenvalue weighted by atomic mass is 19.1. The molecule has 0 unspecified atom stereocenters. The zero-order chi connectivity index (χ0) is 13.3. The lowest BCUT2D eigenvalue weighted by atomic mass is 10.1. The zero-order valence-corrected chi connectivity index (χ0v) is 10.7. The van der Waals surface area contributed by atoms with E-state index in [1.165, 1.54) is 12.1 Å². The van der Waals surface area contributed by atoms with Crippen LogP contribution in [0.25, 0.3) is 0 Å². The number of benzene rings is 1. The number of amides is 1. The van der Waals surface area contributed by atoms with E-state index in [0.29, 0.717) is 24.3 Å². The van der Waals surface area contributed by atoms with Gasteiger partial charge in [0.05, 0.1) is 5.56 Å². The van der Waals surface area contributed by atoms with Crippen molar-refractivity contribution >= 4 is 11.6 Å². The van der Waals surface area contributed by atoms with Crippen molar-refractivity contribution in [2.75, 3.05) is 39.0 Å². The highest BCUT2D eigenvalue weighted by Crippen LogP contribution is 2.19. The first-order valence-corrected chi connectivity index (χ1v) is 6.02. The van der Waals surface area contributed by atoms with E-state index in [-0.39, 0.29) is 11.5 Å². The normalized spacial score (nSPS) is 16.9. The summed E-state index contributed by atoms with van der Waals surface area (Å²) in [5.41, 5.74) is 6.58. The van der Waals surface area contributed by atoms with Gasteiger partial charge in [-0.15, -0.1) is 0 Å². The fraction of sp³-hybridized carbons (Fsp3) is 0.462. The monoisotopic (exact) mass is 251 g/mol. The standard InChI is InChI=1S/C13H18FN3O/c1-9-7-10(15)8-11(12(9)14)13(18)17-5-3-16(2)4-6-17/h7-8H,3-6,15H2,1-2H3. The summed E-state index contributed by atoms with van der Waals surface area (Å²) in [4.78, 5) is 16.1. The maximum atomic E-state index is 14.0. The lowest BCUT2D eigenvalue weighted by Crippen LogP contribution is -2.47. The first kappa shape index (κ1) is 12.8. The van der Waals surface area contributed by atoms with Gasteiger partial charge in [0, 0.05) is 31.9 Å². The van der Waals surface area contributed by atoms with Crippen LogP contribution in [0.4, 0.5) is 10.1 Å². The number of nitrogen functional groups attached to an aromatic ring is 1. The Morgan fingerprint density at radius 1 is 1.28 bits per heavy atom. The average Bonchev–Trinajstić information content (AvgIpc) is 2.34. The molecule has 5 heteroatoms. The van der Waals surface area contributed by atoms with E-state index in [0.717, 1.165) is 13.1 Å². The van der Waals surface area contributed by atoms with Crippen molar-refractivity contribution in [1.82, 2.24) is 9.80 Å². The number of likely N-dealkylation sites (N-methyl/N-ethyl adjacent to an activating group) is 1. The van der Waals surface area contributed by atoms with Crippen LogP contribution in [0.5, 0.6) is 0 Å². The van der Waals surface area contributed by atoms with E-state index in [2.05, 4.69) is 4.90 Å². The van der Waals surface area contributed by atoms with Crippen LogP contribution < -0.4 is 5.73 Å². The predicted octanol–water partition coefficient (Wildman–Crippen LogP) is 1.10. The van der Waals surface area contributed by atoms with Gasteiger partial charge in [0.2, 0.25) is 0 Å². The lowest BCUT2D eigenvalue weighted by molar-refractivity contribution is 0.0659. The minimum absolute atomic E-state index is 0.0806. The molecular formula is C13H18FN3O. The van der Waals surface area contributed by atoms with Crippen molar-refractivity contribution in [3.63, 3.8) is 0 Å². The Balaban J connectivity index is 2.23. The molecule has 1 saturated heterocycles. The van der Waals surface area contributed by atoms with E-state index in [1.807, 2.05) is 7.05 Å². The Morgan fingerprint density at radius 3 is 2.50 bits per heavy atom. The Kier molecular flexibility index (Phi) is 3.52. The van der Waals surface area contributed by atoms with Gasteiger partial charge in [0.15, 0.2) is 0 Å². The highest BCUT2D eigenvalue weighted by Gasteiger charge is 2.23. The molecule has 1 heterocycles. The second-order valence-corrected chi connectivity index (χ2v) is 4.79. The van der Waals surface area contributed by atoms with Crippen LogP contribution in [0.15, 0.2) is 12.1 Å². The van der Waals surface area contributed by atoms with Gasteiger partial charge in [-0.1, -0.05) is 0 Å². The number of anilines is 1. The molecule has 0 bridgehead atoms. The molecule has 4 nitrogen and oxygen atoms in total. The van der Waals surface area contributed by atoms with Crippen LogP contribution in [0, 0.1) is 12.7 Å². The van der Waals surface area contributed by atoms with Gasteiger partial charge >= 0.3 is 0 Å². The van der Waals surface area contributed by atoms with Gasteiger partial charge in [-0.25, -0.2) is 4.39 Å². The Morgan fingerprint density at radius 2 is 1.89 bits per heavy atom. The first-order chi connectivity index (χ1) is 8.49. The van der Waals surface area contributed by atoms with Crippen molar-refractivity contribution in [3.05, 3.63) is 29.1 Å². The number of aryl methyl sites for hydroxylation is 1. The molecule has 0 atom stereocenters. The number of hydrogen-bond acceptors (Lipinski definition) is 3. The third kappa shape index (κ3) is 2.46. The van der Waals surface area contributed by atoms with Crippen LogP contribution in [0.2, 0.25) is 0 Å². The average molecular weight is 251 g/mol. The molecule has 2 rings (SSSR count). The van der Waals surface area contributed by atoms with Crippen LogP contribution in [-0.4, -0.2) is 48.9 Å². The summed E-state index contributed by atoms with van der Waals surface area (Å²) >= 11 is 0. The third-order valence-corrected chi connectivity index (χ3v) is 3.30. The summed E-state index contributed by atoms with van der Waals surface area (Å²) < 4.78 is 14.0. The number of nitrogens with zero attached hydrogens (tertiary/aromatic N) is 2. The van der Waals surface area contributed by atoms with Gasteiger partial charge in [0.1, 0.15) is 5.82 Å². The molecule has 18 heavy (non-hydrogen) atoms. The molecule has 0 aliphatic carbocycles. The molecule has 98 valence electrons. The predicted molar refractivity (Wildman–Crippen MR) is 68.9 cm³/mol. The fourth-order valence-corrected chi connectivity index (χ4v) is 2.13. The van der Waals surface area contributed by atoms with Crippen LogP contribution >= 0.6 is 0 Å². The molecule has 0 radical (unpaired) electrons. The van der Waals surface area contributed by atoms with Crippen molar-refractivity contribution in [3.8, 4) is 0 Å². The van der Waals surface area contributed by atoms with E-state index < -0.39 is 5.82 Å². The van der Waals surface area contributed by atoms with E-state index >= 15 is 0 Å². The topological polar surface area (TPSA) is 49.6 Å². The zero-order valence-electron chi connectivity index (χ0n) is 10.7. The molecule has 0 spiro atoms. The second kappa shape index (κ2) is 4.94. The molecule has 1 aliphatic rings. The summed E-state index contributed by atoms with van der Waals surface area (Å²) in [5.74, 6) is -0.732. The third-order valence-electron chi connectivity index (χ3n) is 3.30. The number of rotatable bonds is 1. The van der Waals surface area contributed by atoms with E-state index in [9.17, 15) is 9.18 Å². The van der Waals surface area contributed by atoms with E-state index in [4.69, 9.17) is 5.73 Å². The van der Waals surface area contributed by atoms with Gasteiger partial charge in [-0.3, -0.25) is 4.79 Å². The fourth-order valence-electron chi connectivity index (χ4n) is 2.13. The molecular weight excluding hydrogens is 233 g/mol. The quantitative estimate of drug-likeness (QED) is 0.760. The minimum atomic E-state index is -0.465. The second-order valence-electron chi connectivity index (χ2n) is 4.79. The smallest absolute Gasteiger partial charge is 0.257 e. The number of halogens is 1. The summed E-state index contributed by atoms with van der Waals surface area (Å²) in [6.07, 6.45) is 0. The molecule has 1 aliphatic heterocycles. The van der Waals surface area contributed by atoms with Gasteiger partial charge in [-0.2, -0.15) is 0 Å². The number of piperazine rings is 1. The van der Waals surface area contributed by atoms with Gasteiger partial charge in [0.25, 0.3) is 5.91 Å². The minimum Gasteiger partial charge on any atom is -0.399 e. The van der Waals surface area contributed by atoms with Gasteiger partial charge < -0.3 is 15.5 Å². The molecule has 1 fully saturated rings. The maximum absolute atomic E-state index is 14.0. The van der Waals surface area contributed by atoms with Crippen LogP contribution in [-0.2, 0) is 0 Å². The van der Waals surface area contributed by atoms with Gasteiger partial charge in [-0.05, 0) is 31.7 Å². The molecule has 1 aromatic carbocycles. The van der Waals surface area contributed by atoms with E-state index in [1.54, 1.807) is 11.8 Å². The number of nitrogens with two attached hydrogens (primary N) is 1. The Bertz CT molecular complexity index is 468. The van der Waals surface area contributed by atoms with Crippen LogP contribution in [0.3, 0.4) is 0 Å². The SMILES string of the molecule is Cc1cc(N)cc(C(=O)N2CCN(C)CC2)c1F. The number of carbonyl (C=O) groups excluding carboxylic acids is 1. The van der Waals surface area contributed by atoms with Crippen molar-refractivity contribution < 1.29 is 9.18 Å². The number of carbonyl (C=O) groups is 1. The van der Waals surface area contributed by atoms with Crippen molar-refractivity contribution in [1.29, 1.82) is 0 Å².